The fourth-order valence-electron chi connectivity index (χ4n) is 2.49. The molecule has 0 spiro atoms. The third-order valence-electron chi connectivity index (χ3n) is 3.58. The molecule has 1 fully saturated rings. The molecule has 0 saturated heterocycles. The zero-order valence-electron chi connectivity index (χ0n) is 10.6. The van der Waals surface area contributed by atoms with E-state index in [1.165, 1.54) is 25.0 Å². The standard InChI is InChI=1S/C15H20FNO/c16-14-9-7-12(8-10-14)4-3-11-17-15(18)13-5-1-2-6-13/h7-10,13H,1-6,11H2,(H,17,18). The van der Waals surface area contributed by atoms with Crippen LogP contribution in [0.1, 0.15) is 37.7 Å². The van der Waals surface area contributed by atoms with Crippen LogP contribution in [-0.4, -0.2) is 12.5 Å². The monoisotopic (exact) mass is 249 g/mol. The van der Waals surface area contributed by atoms with Gasteiger partial charge in [0.25, 0.3) is 0 Å². The predicted octanol–water partition coefficient (Wildman–Crippen LogP) is 3.06. The summed E-state index contributed by atoms with van der Waals surface area (Å²) in [5.74, 6) is 0.260. The van der Waals surface area contributed by atoms with Gasteiger partial charge in [0.2, 0.25) is 5.91 Å². The summed E-state index contributed by atoms with van der Waals surface area (Å²) in [5.41, 5.74) is 1.12. The van der Waals surface area contributed by atoms with E-state index in [0.29, 0.717) is 6.54 Å². The number of hydrogen-bond acceptors (Lipinski definition) is 1. The molecule has 0 heterocycles. The van der Waals surface area contributed by atoms with E-state index in [9.17, 15) is 9.18 Å². The average molecular weight is 249 g/mol. The lowest BCUT2D eigenvalue weighted by molar-refractivity contribution is -0.124. The Morgan fingerprint density at radius 1 is 1.22 bits per heavy atom. The van der Waals surface area contributed by atoms with Crippen LogP contribution in [0, 0.1) is 11.7 Å². The molecule has 0 atom stereocenters. The van der Waals surface area contributed by atoms with Crippen molar-refractivity contribution in [3.63, 3.8) is 0 Å². The highest BCUT2D eigenvalue weighted by Crippen LogP contribution is 2.24. The smallest absolute Gasteiger partial charge is 0.223 e. The SMILES string of the molecule is O=C(NCCCc1ccc(F)cc1)C1CCCC1. The maximum Gasteiger partial charge on any atom is 0.223 e. The van der Waals surface area contributed by atoms with Crippen LogP contribution in [-0.2, 0) is 11.2 Å². The Hall–Kier alpha value is -1.38. The summed E-state index contributed by atoms with van der Waals surface area (Å²) in [6.07, 6.45) is 6.25. The molecule has 0 aliphatic heterocycles. The van der Waals surface area contributed by atoms with Gasteiger partial charge in [-0.15, -0.1) is 0 Å². The quantitative estimate of drug-likeness (QED) is 0.798. The van der Waals surface area contributed by atoms with Crippen LogP contribution in [0.25, 0.3) is 0 Å². The molecule has 0 aromatic heterocycles. The summed E-state index contributed by atoms with van der Waals surface area (Å²) >= 11 is 0. The van der Waals surface area contributed by atoms with Crippen LogP contribution >= 0.6 is 0 Å². The Balaban J connectivity index is 1.63. The molecule has 1 N–H and O–H groups in total. The van der Waals surface area contributed by atoms with Gasteiger partial charge in [0.15, 0.2) is 0 Å². The number of halogens is 1. The van der Waals surface area contributed by atoms with Crippen molar-refractivity contribution in [3.8, 4) is 0 Å². The van der Waals surface area contributed by atoms with Crippen molar-refractivity contribution in [1.29, 1.82) is 0 Å². The molecule has 0 unspecified atom stereocenters. The van der Waals surface area contributed by atoms with Crippen LogP contribution in [0.2, 0.25) is 0 Å². The zero-order valence-corrected chi connectivity index (χ0v) is 10.6. The minimum absolute atomic E-state index is 0.201. The van der Waals surface area contributed by atoms with E-state index in [0.717, 1.165) is 31.2 Å². The molecule has 1 aromatic rings. The van der Waals surface area contributed by atoms with E-state index in [4.69, 9.17) is 0 Å². The second-order valence-corrected chi connectivity index (χ2v) is 5.00. The number of carbonyl (C=O) groups excluding carboxylic acids is 1. The molecule has 1 aliphatic rings. The summed E-state index contributed by atoms with van der Waals surface area (Å²) in [5, 5.41) is 2.99. The summed E-state index contributed by atoms with van der Waals surface area (Å²) in [4.78, 5) is 11.7. The van der Waals surface area contributed by atoms with Gasteiger partial charge in [-0.3, -0.25) is 4.79 Å². The lowest BCUT2D eigenvalue weighted by Gasteiger charge is -2.10. The number of aryl methyl sites for hydroxylation is 1. The molecular weight excluding hydrogens is 229 g/mol. The normalized spacial score (nSPS) is 15.8. The number of nitrogens with one attached hydrogen (secondary N) is 1. The Labute approximate surface area is 108 Å². The van der Waals surface area contributed by atoms with Crippen molar-refractivity contribution in [2.24, 2.45) is 5.92 Å². The molecule has 1 saturated carbocycles. The Morgan fingerprint density at radius 3 is 2.56 bits per heavy atom. The Bertz CT molecular complexity index is 382. The van der Waals surface area contributed by atoms with E-state index in [-0.39, 0.29) is 17.6 Å². The lowest BCUT2D eigenvalue weighted by Crippen LogP contribution is -2.30. The summed E-state index contributed by atoms with van der Waals surface area (Å²) < 4.78 is 12.7. The highest BCUT2D eigenvalue weighted by Gasteiger charge is 2.21. The second-order valence-electron chi connectivity index (χ2n) is 5.00. The van der Waals surface area contributed by atoms with Crippen LogP contribution in [0.3, 0.4) is 0 Å². The van der Waals surface area contributed by atoms with Gasteiger partial charge >= 0.3 is 0 Å². The first-order valence-corrected chi connectivity index (χ1v) is 6.78. The third kappa shape index (κ3) is 3.83. The fraction of sp³-hybridized carbons (Fsp3) is 0.533. The van der Waals surface area contributed by atoms with E-state index in [1.807, 2.05) is 0 Å². The van der Waals surface area contributed by atoms with Crippen molar-refractivity contribution >= 4 is 5.91 Å². The molecule has 0 bridgehead atoms. The summed E-state index contributed by atoms with van der Waals surface area (Å²) in [6, 6.07) is 6.56. The molecule has 2 nitrogen and oxygen atoms in total. The van der Waals surface area contributed by atoms with Gasteiger partial charge in [0.1, 0.15) is 5.82 Å². The lowest BCUT2D eigenvalue weighted by atomic mass is 10.1. The predicted molar refractivity (Wildman–Crippen MR) is 69.7 cm³/mol. The van der Waals surface area contributed by atoms with Gasteiger partial charge in [-0.1, -0.05) is 25.0 Å². The van der Waals surface area contributed by atoms with Crippen LogP contribution in [0.4, 0.5) is 4.39 Å². The average Bonchev–Trinajstić information content (AvgIpc) is 2.90. The minimum atomic E-state index is -0.201. The second kappa shape index (κ2) is 6.53. The van der Waals surface area contributed by atoms with Crippen molar-refractivity contribution in [2.75, 3.05) is 6.54 Å². The molecule has 98 valence electrons. The molecule has 0 radical (unpaired) electrons. The highest BCUT2D eigenvalue weighted by atomic mass is 19.1. The molecule has 3 heteroatoms. The number of carbonyl (C=O) groups is 1. The fourth-order valence-corrected chi connectivity index (χ4v) is 2.49. The first kappa shape index (κ1) is 13.1. The van der Waals surface area contributed by atoms with Gasteiger partial charge in [0.05, 0.1) is 0 Å². The maximum atomic E-state index is 12.7. The molecule has 18 heavy (non-hydrogen) atoms. The number of benzene rings is 1. The van der Waals surface area contributed by atoms with Crippen molar-refractivity contribution < 1.29 is 9.18 Å². The van der Waals surface area contributed by atoms with E-state index < -0.39 is 0 Å². The molecule has 2 rings (SSSR count). The number of hydrogen-bond donors (Lipinski definition) is 1. The topological polar surface area (TPSA) is 29.1 Å². The van der Waals surface area contributed by atoms with Gasteiger partial charge in [-0.2, -0.15) is 0 Å². The van der Waals surface area contributed by atoms with Gasteiger partial charge < -0.3 is 5.32 Å². The van der Waals surface area contributed by atoms with Crippen molar-refractivity contribution in [1.82, 2.24) is 5.32 Å². The molecule has 1 aliphatic carbocycles. The van der Waals surface area contributed by atoms with Crippen LogP contribution < -0.4 is 5.32 Å². The Kier molecular flexibility index (Phi) is 4.73. The van der Waals surface area contributed by atoms with E-state index in [1.54, 1.807) is 12.1 Å². The van der Waals surface area contributed by atoms with Crippen molar-refractivity contribution in [2.45, 2.75) is 38.5 Å². The number of amides is 1. The molecule has 1 aromatic carbocycles. The molecule has 1 amide bonds. The zero-order chi connectivity index (χ0) is 12.8. The number of rotatable bonds is 5. The van der Waals surface area contributed by atoms with Crippen LogP contribution in [0.15, 0.2) is 24.3 Å². The van der Waals surface area contributed by atoms with Gasteiger partial charge in [0, 0.05) is 12.5 Å². The highest BCUT2D eigenvalue weighted by molar-refractivity contribution is 5.78. The Morgan fingerprint density at radius 2 is 1.89 bits per heavy atom. The van der Waals surface area contributed by atoms with Crippen LogP contribution in [0.5, 0.6) is 0 Å². The van der Waals surface area contributed by atoms with E-state index >= 15 is 0 Å². The summed E-state index contributed by atoms with van der Waals surface area (Å²) in [6.45, 7) is 0.715. The minimum Gasteiger partial charge on any atom is -0.356 e. The third-order valence-corrected chi connectivity index (χ3v) is 3.58. The van der Waals surface area contributed by atoms with Gasteiger partial charge in [-0.25, -0.2) is 4.39 Å². The largest absolute Gasteiger partial charge is 0.356 e. The van der Waals surface area contributed by atoms with Crippen molar-refractivity contribution in [3.05, 3.63) is 35.6 Å². The van der Waals surface area contributed by atoms with Gasteiger partial charge in [-0.05, 0) is 43.4 Å². The summed E-state index contributed by atoms with van der Waals surface area (Å²) in [7, 11) is 0. The maximum absolute atomic E-state index is 12.7. The molecular formula is C15H20FNO. The first-order valence-electron chi connectivity index (χ1n) is 6.78. The first-order chi connectivity index (χ1) is 8.75. The van der Waals surface area contributed by atoms with E-state index in [2.05, 4.69) is 5.32 Å².